The Morgan fingerprint density at radius 1 is 1.00 bits per heavy atom. The quantitative estimate of drug-likeness (QED) is 0.587. The lowest BCUT2D eigenvalue weighted by Gasteiger charge is -2.16. The van der Waals surface area contributed by atoms with Crippen LogP contribution in [0.3, 0.4) is 0 Å². The summed E-state index contributed by atoms with van der Waals surface area (Å²) >= 11 is 6.76. The first-order valence-corrected chi connectivity index (χ1v) is 7.81. The van der Waals surface area contributed by atoms with Crippen LogP contribution in [0.4, 0.5) is 4.39 Å². The molecule has 0 aromatic heterocycles. The Labute approximate surface area is 134 Å². The lowest BCUT2D eigenvalue weighted by Crippen LogP contribution is -2.38. The minimum Gasteiger partial charge on any atom is -0.271 e. The number of benzene rings is 2. The van der Waals surface area contributed by atoms with Crippen molar-refractivity contribution in [2.75, 3.05) is 0 Å². The van der Waals surface area contributed by atoms with Crippen LogP contribution in [0, 0.1) is 5.82 Å². The zero-order chi connectivity index (χ0) is 14.5. The zero-order valence-corrected chi connectivity index (χ0v) is 13.9. The highest BCUT2D eigenvalue weighted by Crippen LogP contribution is 2.18. The fraction of sp³-hybridized carbons (Fsp3) is 0.200. The average molecular weight is 402 g/mol. The van der Waals surface area contributed by atoms with Gasteiger partial charge in [-0.15, -0.1) is 0 Å². The van der Waals surface area contributed by atoms with E-state index >= 15 is 0 Å². The molecule has 0 aliphatic rings. The molecule has 0 saturated heterocycles. The summed E-state index contributed by atoms with van der Waals surface area (Å²) in [6, 6.07) is 13.0. The molecule has 0 saturated carbocycles. The van der Waals surface area contributed by atoms with Crippen LogP contribution in [0.2, 0.25) is 0 Å². The second kappa shape index (κ2) is 7.31. The maximum atomic E-state index is 13.8. The van der Waals surface area contributed by atoms with Crippen molar-refractivity contribution in [2.45, 2.75) is 18.9 Å². The van der Waals surface area contributed by atoms with E-state index < -0.39 is 0 Å². The summed E-state index contributed by atoms with van der Waals surface area (Å²) in [4.78, 5) is 0. The van der Waals surface area contributed by atoms with Crippen LogP contribution in [0.5, 0.6) is 0 Å². The fourth-order valence-corrected chi connectivity index (χ4v) is 2.73. The van der Waals surface area contributed by atoms with E-state index in [0.717, 1.165) is 20.9 Å². The summed E-state index contributed by atoms with van der Waals surface area (Å²) in [5.41, 5.74) is 4.58. The normalized spacial score (nSPS) is 12.4. The molecule has 3 N–H and O–H groups in total. The van der Waals surface area contributed by atoms with Crippen molar-refractivity contribution >= 4 is 31.9 Å². The second-order valence-corrected chi connectivity index (χ2v) is 6.47. The van der Waals surface area contributed by atoms with Gasteiger partial charge in [0.25, 0.3) is 0 Å². The molecular weight excluding hydrogens is 387 g/mol. The highest BCUT2D eigenvalue weighted by atomic mass is 79.9. The van der Waals surface area contributed by atoms with Gasteiger partial charge in [-0.05, 0) is 54.3 Å². The molecule has 2 nitrogen and oxygen atoms in total. The van der Waals surface area contributed by atoms with Gasteiger partial charge < -0.3 is 0 Å². The van der Waals surface area contributed by atoms with Gasteiger partial charge in [0.2, 0.25) is 0 Å². The SMILES string of the molecule is NNC(Cc1ccc(Br)cc1)Cc1cc(Br)ccc1F. The molecule has 106 valence electrons. The predicted octanol–water partition coefficient (Wildman–Crippen LogP) is 3.97. The lowest BCUT2D eigenvalue weighted by atomic mass is 9.99. The smallest absolute Gasteiger partial charge is 0.126 e. The molecule has 0 spiro atoms. The van der Waals surface area contributed by atoms with Gasteiger partial charge in [-0.2, -0.15) is 0 Å². The third-order valence-corrected chi connectivity index (χ3v) is 4.13. The third kappa shape index (κ3) is 4.38. The van der Waals surface area contributed by atoms with Crippen LogP contribution in [0.25, 0.3) is 0 Å². The molecule has 5 heteroatoms. The minimum atomic E-state index is -0.204. The van der Waals surface area contributed by atoms with Gasteiger partial charge in [0.05, 0.1) is 0 Å². The van der Waals surface area contributed by atoms with E-state index in [2.05, 4.69) is 37.3 Å². The minimum absolute atomic E-state index is 0.0139. The van der Waals surface area contributed by atoms with E-state index in [1.807, 2.05) is 24.3 Å². The standard InChI is InChI=1S/C15H15Br2FN2/c16-12-3-1-10(2-4-12)7-14(20-19)9-11-8-13(17)5-6-15(11)18/h1-6,8,14,20H,7,9,19H2. The molecule has 2 aromatic rings. The summed E-state index contributed by atoms with van der Waals surface area (Å²) in [5.74, 6) is 5.39. The Morgan fingerprint density at radius 3 is 2.30 bits per heavy atom. The predicted molar refractivity (Wildman–Crippen MR) is 86.8 cm³/mol. The number of hydrogen-bond acceptors (Lipinski definition) is 2. The van der Waals surface area contributed by atoms with E-state index in [4.69, 9.17) is 5.84 Å². The largest absolute Gasteiger partial charge is 0.271 e. The molecule has 20 heavy (non-hydrogen) atoms. The van der Waals surface area contributed by atoms with Crippen LogP contribution in [0.1, 0.15) is 11.1 Å². The zero-order valence-electron chi connectivity index (χ0n) is 10.7. The van der Waals surface area contributed by atoms with E-state index in [0.29, 0.717) is 12.0 Å². The van der Waals surface area contributed by atoms with Crippen molar-refractivity contribution in [1.29, 1.82) is 0 Å². The van der Waals surface area contributed by atoms with Gasteiger partial charge in [-0.25, -0.2) is 4.39 Å². The van der Waals surface area contributed by atoms with Gasteiger partial charge in [-0.3, -0.25) is 11.3 Å². The summed E-state index contributed by atoms with van der Waals surface area (Å²) in [6.07, 6.45) is 1.29. The first-order valence-electron chi connectivity index (χ1n) is 6.23. The first kappa shape index (κ1) is 15.6. The Balaban J connectivity index is 2.08. The molecule has 0 aliphatic carbocycles. The molecule has 0 bridgehead atoms. The van der Waals surface area contributed by atoms with Gasteiger partial charge in [0, 0.05) is 15.0 Å². The summed E-state index contributed by atoms with van der Waals surface area (Å²) in [5, 5.41) is 0. The maximum absolute atomic E-state index is 13.8. The number of hydrogen-bond donors (Lipinski definition) is 2. The van der Waals surface area contributed by atoms with Gasteiger partial charge >= 0.3 is 0 Å². The van der Waals surface area contributed by atoms with Crippen molar-refractivity contribution in [3.63, 3.8) is 0 Å². The van der Waals surface area contributed by atoms with E-state index in [1.165, 1.54) is 6.07 Å². The number of hydrazine groups is 1. The highest BCUT2D eigenvalue weighted by Gasteiger charge is 2.12. The highest BCUT2D eigenvalue weighted by molar-refractivity contribution is 9.10. The Morgan fingerprint density at radius 2 is 1.65 bits per heavy atom. The van der Waals surface area contributed by atoms with Crippen LogP contribution >= 0.6 is 31.9 Å². The van der Waals surface area contributed by atoms with Crippen molar-refractivity contribution < 1.29 is 4.39 Å². The molecule has 1 unspecified atom stereocenters. The van der Waals surface area contributed by atoms with Crippen molar-refractivity contribution in [1.82, 2.24) is 5.43 Å². The Bertz CT molecular complexity index is 573. The Kier molecular flexibility index (Phi) is 5.72. The van der Waals surface area contributed by atoms with Crippen LogP contribution in [-0.4, -0.2) is 6.04 Å². The molecular formula is C15H15Br2FN2. The average Bonchev–Trinajstić information content (AvgIpc) is 2.44. The summed E-state index contributed by atoms with van der Waals surface area (Å²) < 4.78 is 15.7. The molecule has 0 aliphatic heterocycles. The molecule has 2 rings (SSSR count). The topological polar surface area (TPSA) is 38.0 Å². The number of halogens is 3. The van der Waals surface area contributed by atoms with Gasteiger partial charge in [-0.1, -0.05) is 44.0 Å². The summed E-state index contributed by atoms with van der Waals surface area (Å²) in [7, 11) is 0. The monoisotopic (exact) mass is 400 g/mol. The third-order valence-electron chi connectivity index (χ3n) is 3.11. The van der Waals surface area contributed by atoms with Crippen LogP contribution in [0.15, 0.2) is 51.4 Å². The number of nitrogens with two attached hydrogens (primary N) is 1. The molecule has 0 radical (unpaired) electrons. The van der Waals surface area contributed by atoms with Crippen LogP contribution < -0.4 is 11.3 Å². The first-order chi connectivity index (χ1) is 9.58. The summed E-state index contributed by atoms with van der Waals surface area (Å²) in [6.45, 7) is 0. The Hall–Kier alpha value is -0.750. The van der Waals surface area contributed by atoms with Gasteiger partial charge in [0.15, 0.2) is 0 Å². The van der Waals surface area contributed by atoms with E-state index in [-0.39, 0.29) is 11.9 Å². The number of rotatable bonds is 5. The molecule has 2 aromatic carbocycles. The molecule has 0 amide bonds. The van der Waals surface area contributed by atoms with Crippen molar-refractivity contribution in [3.05, 3.63) is 68.4 Å². The lowest BCUT2D eigenvalue weighted by molar-refractivity contribution is 0.506. The van der Waals surface area contributed by atoms with E-state index in [1.54, 1.807) is 12.1 Å². The number of nitrogens with one attached hydrogen (secondary N) is 1. The molecule has 0 fully saturated rings. The van der Waals surface area contributed by atoms with E-state index in [9.17, 15) is 4.39 Å². The van der Waals surface area contributed by atoms with Gasteiger partial charge in [0.1, 0.15) is 5.82 Å². The van der Waals surface area contributed by atoms with Crippen LogP contribution in [-0.2, 0) is 12.8 Å². The fourth-order valence-electron chi connectivity index (χ4n) is 2.06. The molecule has 1 atom stereocenters. The second-order valence-electron chi connectivity index (χ2n) is 4.63. The maximum Gasteiger partial charge on any atom is 0.126 e. The van der Waals surface area contributed by atoms with Crippen molar-refractivity contribution in [2.24, 2.45) is 5.84 Å². The molecule has 0 heterocycles. The van der Waals surface area contributed by atoms with Crippen molar-refractivity contribution in [3.8, 4) is 0 Å².